The smallest absolute Gasteiger partial charge is 0.312 e. The van der Waals surface area contributed by atoms with Crippen LogP contribution in [0, 0.1) is 0 Å². The van der Waals surface area contributed by atoms with Gasteiger partial charge in [-0.2, -0.15) is 0 Å². The SMILES string of the molecule is CSc1cccc(NC(=O)c2ccc(CN3CCN(C4CCCC4)C(=O)C3=O)cc2)c1. The predicted octanol–water partition coefficient (Wildman–Crippen LogP) is 3.77. The Labute approximate surface area is 187 Å². The molecule has 3 amide bonds. The van der Waals surface area contributed by atoms with Crippen LogP contribution >= 0.6 is 11.8 Å². The quantitative estimate of drug-likeness (QED) is 0.552. The number of hydrogen-bond donors (Lipinski definition) is 1. The summed E-state index contributed by atoms with van der Waals surface area (Å²) in [7, 11) is 0. The molecule has 1 saturated carbocycles. The largest absolute Gasteiger partial charge is 0.330 e. The highest BCUT2D eigenvalue weighted by Gasteiger charge is 2.37. The molecule has 1 aliphatic heterocycles. The highest BCUT2D eigenvalue weighted by Crippen LogP contribution is 2.25. The monoisotopic (exact) mass is 437 g/mol. The fourth-order valence-electron chi connectivity index (χ4n) is 4.29. The van der Waals surface area contributed by atoms with Crippen molar-refractivity contribution in [1.29, 1.82) is 0 Å². The third-order valence-electron chi connectivity index (χ3n) is 6.02. The van der Waals surface area contributed by atoms with Crippen LogP contribution in [-0.2, 0) is 16.1 Å². The Hall–Kier alpha value is -2.80. The van der Waals surface area contributed by atoms with Gasteiger partial charge in [-0.15, -0.1) is 11.8 Å². The van der Waals surface area contributed by atoms with Gasteiger partial charge in [-0.25, -0.2) is 0 Å². The molecule has 31 heavy (non-hydrogen) atoms. The second-order valence-corrected chi connectivity index (χ2v) is 8.93. The summed E-state index contributed by atoms with van der Waals surface area (Å²) in [5, 5.41) is 2.91. The molecule has 0 unspecified atom stereocenters. The normalized spacial score (nSPS) is 17.3. The van der Waals surface area contributed by atoms with E-state index >= 15 is 0 Å². The van der Waals surface area contributed by atoms with E-state index in [0.717, 1.165) is 41.8 Å². The molecule has 2 aromatic rings. The zero-order valence-corrected chi connectivity index (χ0v) is 18.5. The lowest BCUT2D eigenvalue weighted by molar-refractivity contribution is -0.158. The number of hydrogen-bond acceptors (Lipinski definition) is 4. The number of anilines is 1. The molecule has 162 valence electrons. The van der Waals surface area contributed by atoms with Crippen LogP contribution in [0.25, 0.3) is 0 Å². The van der Waals surface area contributed by atoms with Crippen molar-refractivity contribution >= 4 is 35.2 Å². The summed E-state index contributed by atoms with van der Waals surface area (Å²) in [4.78, 5) is 42.2. The molecule has 0 radical (unpaired) electrons. The van der Waals surface area contributed by atoms with Crippen molar-refractivity contribution < 1.29 is 14.4 Å². The van der Waals surface area contributed by atoms with Crippen molar-refractivity contribution in [3.05, 3.63) is 59.7 Å². The minimum absolute atomic E-state index is 0.179. The maximum Gasteiger partial charge on any atom is 0.312 e. The molecular weight excluding hydrogens is 410 g/mol. The molecule has 1 N–H and O–H groups in total. The van der Waals surface area contributed by atoms with Crippen LogP contribution in [0.5, 0.6) is 0 Å². The van der Waals surface area contributed by atoms with E-state index in [4.69, 9.17) is 0 Å². The van der Waals surface area contributed by atoms with Gasteiger partial charge in [-0.3, -0.25) is 14.4 Å². The van der Waals surface area contributed by atoms with Crippen molar-refractivity contribution in [2.45, 2.75) is 43.2 Å². The molecule has 0 aromatic heterocycles. The Balaban J connectivity index is 1.35. The maximum absolute atomic E-state index is 12.6. The Morgan fingerprint density at radius 3 is 2.48 bits per heavy atom. The number of piperazine rings is 1. The van der Waals surface area contributed by atoms with Crippen LogP contribution in [0.1, 0.15) is 41.6 Å². The molecule has 2 aromatic carbocycles. The second kappa shape index (κ2) is 9.56. The molecule has 4 rings (SSSR count). The molecule has 1 saturated heterocycles. The van der Waals surface area contributed by atoms with Gasteiger partial charge in [0.2, 0.25) is 0 Å². The van der Waals surface area contributed by atoms with Crippen LogP contribution < -0.4 is 5.32 Å². The third kappa shape index (κ3) is 4.93. The van der Waals surface area contributed by atoms with E-state index in [-0.39, 0.29) is 17.9 Å². The van der Waals surface area contributed by atoms with E-state index < -0.39 is 5.91 Å². The number of benzene rings is 2. The lowest BCUT2D eigenvalue weighted by Gasteiger charge is -2.37. The first kappa shape index (κ1) is 21.4. The van der Waals surface area contributed by atoms with Crippen LogP contribution in [0.4, 0.5) is 5.69 Å². The van der Waals surface area contributed by atoms with Crippen LogP contribution in [-0.4, -0.2) is 52.9 Å². The van der Waals surface area contributed by atoms with Crippen molar-refractivity contribution in [2.24, 2.45) is 0 Å². The van der Waals surface area contributed by atoms with Crippen molar-refractivity contribution in [2.75, 3.05) is 24.7 Å². The van der Waals surface area contributed by atoms with Gasteiger partial charge in [0.05, 0.1) is 0 Å². The average Bonchev–Trinajstić information content (AvgIpc) is 3.32. The topological polar surface area (TPSA) is 69.7 Å². The zero-order chi connectivity index (χ0) is 21.8. The zero-order valence-electron chi connectivity index (χ0n) is 17.7. The molecular formula is C24H27N3O3S. The summed E-state index contributed by atoms with van der Waals surface area (Å²) < 4.78 is 0. The Bertz CT molecular complexity index is 970. The minimum atomic E-state index is -0.423. The molecule has 1 heterocycles. The van der Waals surface area contributed by atoms with Gasteiger partial charge in [-0.05, 0) is 55.0 Å². The van der Waals surface area contributed by atoms with Gasteiger partial charge < -0.3 is 15.1 Å². The second-order valence-electron chi connectivity index (χ2n) is 8.05. The van der Waals surface area contributed by atoms with Gasteiger partial charge >= 0.3 is 11.8 Å². The lowest BCUT2D eigenvalue weighted by Crippen LogP contribution is -2.56. The molecule has 1 aliphatic carbocycles. The fraction of sp³-hybridized carbons (Fsp3) is 0.375. The minimum Gasteiger partial charge on any atom is -0.330 e. The number of amides is 3. The maximum atomic E-state index is 12.6. The Morgan fingerprint density at radius 1 is 1.03 bits per heavy atom. The van der Waals surface area contributed by atoms with E-state index in [2.05, 4.69) is 5.32 Å². The summed E-state index contributed by atoms with van der Waals surface area (Å²) in [6, 6.07) is 15.1. The molecule has 0 spiro atoms. The lowest BCUT2D eigenvalue weighted by atomic mass is 10.1. The predicted molar refractivity (Wildman–Crippen MR) is 122 cm³/mol. The number of nitrogens with one attached hydrogen (secondary N) is 1. The van der Waals surface area contributed by atoms with E-state index in [1.54, 1.807) is 33.7 Å². The van der Waals surface area contributed by atoms with Crippen LogP contribution in [0.3, 0.4) is 0 Å². The number of nitrogens with zero attached hydrogens (tertiary/aromatic N) is 2. The standard InChI is InChI=1S/C24H27N3O3S/c1-31-21-8-4-5-19(15-21)25-22(28)18-11-9-17(10-12-18)16-26-13-14-27(24(30)23(26)29)20-6-2-3-7-20/h4-5,8-12,15,20H,2-3,6-7,13-14,16H2,1H3,(H,25,28). The Kier molecular flexibility index (Phi) is 6.61. The fourth-order valence-corrected chi connectivity index (χ4v) is 4.75. The van der Waals surface area contributed by atoms with E-state index in [9.17, 15) is 14.4 Å². The van der Waals surface area contributed by atoms with Gasteiger partial charge in [0.15, 0.2) is 0 Å². The van der Waals surface area contributed by atoms with Crippen LogP contribution in [0.2, 0.25) is 0 Å². The molecule has 6 nitrogen and oxygen atoms in total. The molecule has 0 atom stereocenters. The van der Waals surface area contributed by atoms with Crippen molar-refractivity contribution in [1.82, 2.24) is 9.80 Å². The highest BCUT2D eigenvalue weighted by molar-refractivity contribution is 7.98. The first-order chi connectivity index (χ1) is 15.0. The van der Waals surface area contributed by atoms with E-state index in [1.807, 2.05) is 42.7 Å². The number of carbonyl (C=O) groups is 3. The summed E-state index contributed by atoms with van der Waals surface area (Å²) in [6.45, 7) is 1.53. The average molecular weight is 438 g/mol. The molecule has 0 bridgehead atoms. The van der Waals surface area contributed by atoms with E-state index in [1.165, 1.54) is 0 Å². The Morgan fingerprint density at radius 2 is 1.77 bits per heavy atom. The number of thioether (sulfide) groups is 1. The summed E-state index contributed by atoms with van der Waals surface area (Å²) in [5.74, 6) is -0.975. The third-order valence-corrected chi connectivity index (χ3v) is 6.75. The van der Waals surface area contributed by atoms with Crippen LogP contribution in [0.15, 0.2) is 53.4 Å². The first-order valence-electron chi connectivity index (χ1n) is 10.7. The van der Waals surface area contributed by atoms with Gasteiger partial charge in [0.25, 0.3) is 5.91 Å². The molecule has 2 aliphatic rings. The first-order valence-corrected chi connectivity index (χ1v) is 11.9. The van der Waals surface area contributed by atoms with Gasteiger partial charge in [0.1, 0.15) is 0 Å². The van der Waals surface area contributed by atoms with Gasteiger partial charge in [0, 0.05) is 41.8 Å². The summed E-state index contributed by atoms with van der Waals surface area (Å²) in [6.07, 6.45) is 6.27. The van der Waals surface area contributed by atoms with Crippen molar-refractivity contribution in [3.8, 4) is 0 Å². The highest BCUT2D eigenvalue weighted by atomic mass is 32.2. The number of rotatable bonds is 6. The van der Waals surface area contributed by atoms with E-state index in [0.29, 0.717) is 25.2 Å². The molecule has 7 heteroatoms. The summed E-state index contributed by atoms with van der Waals surface area (Å²) >= 11 is 1.62. The summed E-state index contributed by atoms with van der Waals surface area (Å²) in [5.41, 5.74) is 2.20. The number of carbonyl (C=O) groups excluding carboxylic acids is 3. The molecule has 2 fully saturated rings. The van der Waals surface area contributed by atoms with Gasteiger partial charge in [-0.1, -0.05) is 31.0 Å². The van der Waals surface area contributed by atoms with Crippen molar-refractivity contribution in [3.63, 3.8) is 0 Å².